The summed E-state index contributed by atoms with van der Waals surface area (Å²) >= 11 is 4.79. The minimum absolute atomic E-state index is 0.157. The number of hydrogen-bond donors (Lipinski definition) is 0. The van der Waals surface area contributed by atoms with Gasteiger partial charge in [-0.25, -0.2) is 9.79 Å². The van der Waals surface area contributed by atoms with Crippen molar-refractivity contribution in [1.82, 2.24) is 4.57 Å². The number of benzene rings is 2. The van der Waals surface area contributed by atoms with Crippen LogP contribution in [-0.2, 0) is 14.3 Å². The van der Waals surface area contributed by atoms with Gasteiger partial charge in [0.2, 0.25) is 0 Å². The molecule has 0 aliphatic carbocycles. The van der Waals surface area contributed by atoms with Crippen molar-refractivity contribution in [1.29, 1.82) is 0 Å². The molecular formula is C31H32BrN3O6S. The summed E-state index contributed by atoms with van der Waals surface area (Å²) in [4.78, 5) is 48.5. The zero-order valence-corrected chi connectivity index (χ0v) is 26.6. The minimum Gasteiger partial charge on any atom is -0.493 e. The van der Waals surface area contributed by atoms with E-state index in [9.17, 15) is 14.4 Å². The van der Waals surface area contributed by atoms with E-state index in [-0.39, 0.29) is 22.6 Å². The molecule has 0 N–H and O–H groups in total. The summed E-state index contributed by atoms with van der Waals surface area (Å²) in [6, 6.07) is 10.1. The van der Waals surface area contributed by atoms with E-state index in [1.54, 1.807) is 38.0 Å². The highest BCUT2D eigenvalue weighted by Gasteiger charge is 2.38. The molecule has 3 aromatic rings. The molecule has 0 spiro atoms. The third-order valence-corrected chi connectivity index (χ3v) is 9.00. The van der Waals surface area contributed by atoms with Crippen molar-refractivity contribution in [3.05, 3.63) is 83.0 Å². The lowest BCUT2D eigenvalue weighted by molar-refractivity contribution is -0.139. The molecule has 42 heavy (non-hydrogen) atoms. The van der Waals surface area contributed by atoms with Gasteiger partial charge in [0.15, 0.2) is 16.3 Å². The van der Waals surface area contributed by atoms with Gasteiger partial charge in [0, 0.05) is 16.6 Å². The number of carbonyl (C=O) groups is 2. The second kappa shape index (κ2) is 12.3. The van der Waals surface area contributed by atoms with E-state index in [0.717, 1.165) is 29.9 Å². The lowest BCUT2D eigenvalue weighted by atomic mass is 9.95. The Morgan fingerprint density at radius 1 is 1.10 bits per heavy atom. The molecule has 220 valence electrons. The van der Waals surface area contributed by atoms with Gasteiger partial charge >= 0.3 is 5.97 Å². The number of methoxy groups -OCH3 is 1. The van der Waals surface area contributed by atoms with Crippen LogP contribution in [0, 0.1) is 0 Å². The van der Waals surface area contributed by atoms with Crippen molar-refractivity contribution < 1.29 is 23.8 Å². The number of hydrogen-bond acceptors (Lipinski definition) is 8. The number of rotatable bonds is 9. The van der Waals surface area contributed by atoms with Crippen LogP contribution in [-0.4, -0.2) is 43.3 Å². The van der Waals surface area contributed by atoms with Crippen LogP contribution >= 0.6 is 27.3 Å². The largest absolute Gasteiger partial charge is 0.493 e. The number of amides is 1. The molecule has 0 saturated carbocycles. The number of halogens is 1. The SMILES string of the molecule is CCCCN1C(=O)/C(=c2/sc3n(c2=O)[C@@H](c2cc(OCC)c(OC)cc2Br)C(C(=O)OCC)=C(C)N=3)c2ccccc21. The number of nitrogens with zero attached hydrogens (tertiary/aromatic N) is 3. The smallest absolute Gasteiger partial charge is 0.338 e. The van der Waals surface area contributed by atoms with Gasteiger partial charge in [-0.05, 0) is 51.0 Å². The van der Waals surface area contributed by atoms with Crippen LogP contribution < -0.4 is 29.3 Å². The average Bonchev–Trinajstić information content (AvgIpc) is 3.43. The molecule has 0 bridgehead atoms. The zero-order valence-electron chi connectivity index (χ0n) is 24.2. The fraction of sp³-hybridized carbons (Fsp3) is 0.355. The van der Waals surface area contributed by atoms with Crippen LogP contribution in [0.15, 0.2) is 61.9 Å². The number of aromatic nitrogens is 1. The maximum atomic E-state index is 14.4. The normalized spacial score (nSPS) is 17.1. The Balaban J connectivity index is 1.82. The Kier molecular flexibility index (Phi) is 8.70. The van der Waals surface area contributed by atoms with Crippen molar-refractivity contribution in [3.63, 3.8) is 0 Å². The Labute approximate surface area is 255 Å². The van der Waals surface area contributed by atoms with Crippen molar-refractivity contribution in [2.45, 2.75) is 46.6 Å². The quantitative estimate of drug-likeness (QED) is 0.316. The van der Waals surface area contributed by atoms with Crippen LogP contribution in [0.25, 0.3) is 5.57 Å². The second-order valence-electron chi connectivity index (χ2n) is 9.78. The van der Waals surface area contributed by atoms with Crippen molar-refractivity contribution in [3.8, 4) is 11.5 Å². The van der Waals surface area contributed by atoms with E-state index < -0.39 is 17.6 Å². The van der Waals surface area contributed by atoms with Crippen molar-refractivity contribution in [2.75, 3.05) is 31.8 Å². The van der Waals surface area contributed by atoms with E-state index in [2.05, 4.69) is 27.8 Å². The Morgan fingerprint density at radius 3 is 2.55 bits per heavy atom. The van der Waals surface area contributed by atoms with Gasteiger partial charge in [0.1, 0.15) is 4.53 Å². The number of fused-ring (bicyclic) bond motifs is 2. The Morgan fingerprint density at radius 2 is 1.86 bits per heavy atom. The number of ether oxygens (including phenoxy) is 3. The highest BCUT2D eigenvalue weighted by Crippen LogP contribution is 2.41. The second-order valence-corrected chi connectivity index (χ2v) is 11.6. The first-order chi connectivity index (χ1) is 20.3. The highest BCUT2D eigenvalue weighted by molar-refractivity contribution is 9.10. The number of carbonyl (C=O) groups excluding carboxylic acids is 2. The monoisotopic (exact) mass is 653 g/mol. The molecule has 0 fully saturated rings. The van der Waals surface area contributed by atoms with Crippen LogP contribution in [0.5, 0.6) is 11.5 Å². The zero-order chi connectivity index (χ0) is 30.1. The molecule has 2 aliphatic heterocycles. The van der Waals surface area contributed by atoms with Gasteiger partial charge in [-0.2, -0.15) is 0 Å². The lowest BCUT2D eigenvalue weighted by Crippen LogP contribution is -2.41. The highest BCUT2D eigenvalue weighted by atomic mass is 79.9. The molecule has 2 aromatic carbocycles. The van der Waals surface area contributed by atoms with Gasteiger partial charge in [-0.1, -0.05) is 58.8 Å². The van der Waals surface area contributed by atoms with Crippen LogP contribution in [0.2, 0.25) is 0 Å². The molecule has 9 nitrogen and oxygen atoms in total. The van der Waals surface area contributed by atoms with Gasteiger partial charge in [0.05, 0.1) is 48.9 Å². The first kappa shape index (κ1) is 29.8. The van der Waals surface area contributed by atoms with Crippen LogP contribution in [0.1, 0.15) is 57.7 Å². The molecular weight excluding hydrogens is 622 g/mol. The fourth-order valence-electron chi connectivity index (χ4n) is 5.36. The number of unbranched alkanes of at least 4 members (excludes halogenated alkanes) is 1. The summed E-state index contributed by atoms with van der Waals surface area (Å²) in [7, 11) is 1.54. The standard InChI is InChI=1S/C31H32BrN3O6S/c1-6-9-14-34-21-13-11-10-12-18(21)25(28(34)36)27-29(37)35-26(19-15-23(40-7-2)22(39-5)16-20(19)32)24(30(38)41-8-3)17(4)33-31(35)42-27/h10-13,15-16,26H,6-9,14H2,1-5H3/b27-25+/t26-/m0/s1. The maximum Gasteiger partial charge on any atom is 0.338 e. The summed E-state index contributed by atoms with van der Waals surface area (Å²) in [6.45, 7) is 8.49. The summed E-state index contributed by atoms with van der Waals surface area (Å²) in [6.07, 6.45) is 1.77. The predicted octanol–water partition coefficient (Wildman–Crippen LogP) is 4.49. The number of thiazole rings is 1. The fourth-order valence-corrected chi connectivity index (χ4v) is 7.04. The predicted molar refractivity (Wildman–Crippen MR) is 165 cm³/mol. The molecule has 0 radical (unpaired) electrons. The van der Waals surface area contributed by atoms with Gasteiger partial charge in [-0.15, -0.1) is 0 Å². The molecule has 11 heteroatoms. The Hall–Kier alpha value is -3.70. The van der Waals surface area contributed by atoms with Gasteiger partial charge in [-0.3, -0.25) is 14.2 Å². The Bertz CT molecular complexity index is 1790. The number of allylic oxidation sites excluding steroid dienone is 1. The van der Waals surface area contributed by atoms with E-state index in [1.165, 1.54) is 4.57 Å². The lowest BCUT2D eigenvalue weighted by Gasteiger charge is -2.26. The number of esters is 1. The molecule has 1 atom stereocenters. The summed E-state index contributed by atoms with van der Waals surface area (Å²) in [5.74, 6) is 0.181. The maximum absolute atomic E-state index is 14.4. The van der Waals surface area contributed by atoms with Gasteiger partial charge < -0.3 is 19.1 Å². The third-order valence-electron chi connectivity index (χ3n) is 7.26. The molecule has 3 heterocycles. The van der Waals surface area contributed by atoms with E-state index in [1.807, 2.05) is 31.2 Å². The molecule has 1 amide bonds. The molecule has 2 aliphatic rings. The summed E-state index contributed by atoms with van der Waals surface area (Å²) in [5, 5.41) is 0. The van der Waals surface area contributed by atoms with Crippen LogP contribution in [0.4, 0.5) is 5.69 Å². The van der Waals surface area contributed by atoms with E-state index >= 15 is 0 Å². The van der Waals surface area contributed by atoms with Crippen molar-refractivity contribution in [2.24, 2.45) is 4.99 Å². The van der Waals surface area contributed by atoms with E-state index in [0.29, 0.717) is 56.3 Å². The molecule has 1 aromatic heterocycles. The first-order valence-electron chi connectivity index (χ1n) is 13.9. The number of anilines is 1. The third kappa shape index (κ3) is 4.98. The summed E-state index contributed by atoms with van der Waals surface area (Å²) in [5.41, 5.74) is 2.70. The van der Waals surface area contributed by atoms with Crippen molar-refractivity contribution >= 4 is 50.4 Å². The topological polar surface area (TPSA) is 99.4 Å². The van der Waals surface area contributed by atoms with Crippen LogP contribution in [0.3, 0.4) is 0 Å². The first-order valence-corrected chi connectivity index (χ1v) is 15.5. The summed E-state index contributed by atoms with van der Waals surface area (Å²) < 4.78 is 19.2. The molecule has 0 unspecified atom stereocenters. The van der Waals surface area contributed by atoms with Gasteiger partial charge in [0.25, 0.3) is 11.5 Å². The molecule has 0 saturated heterocycles. The minimum atomic E-state index is -0.892. The molecule has 5 rings (SSSR count). The average molecular weight is 655 g/mol. The van der Waals surface area contributed by atoms with E-state index in [4.69, 9.17) is 14.2 Å². The number of para-hydroxylation sites is 1.